The Balaban J connectivity index is 2.82. The molecule has 0 saturated carbocycles. The summed E-state index contributed by atoms with van der Waals surface area (Å²) in [6, 6.07) is 1.51. The van der Waals surface area contributed by atoms with Crippen LogP contribution < -0.4 is 5.32 Å². The Kier molecular flexibility index (Phi) is 4.00. The Morgan fingerprint density at radius 1 is 1.60 bits per heavy atom. The van der Waals surface area contributed by atoms with Crippen molar-refractivity contribution in [2.75, 3.05) is 6.61 Å². The van der Waals surface area contributed by atoms with E-state index in [0.29, 0.717) is 14.2 Å². The molecule has 0 radical (unpaired) electrons. The Morgan fingerprint density at radius 2 is 2.20 bits per heavy atom. The second-order valence-electron chi connectivity index (χ2n) is 3.73. The third-order valence-electron chi connectivity index (χ3n) is 1.75. The fourth-order valence-corrected chi connectivity index (χ4v) is 2.37. The van der Waals surface area contributed by atoms with Crippen LogP contribution >= 0.6 is 34.5 Å². The molecule has 0 spiro atoms. The van der Waals surface area contributed by atoms with Crippen LogP contribution in [0.25, 0.3) is 0 Å². The smallest absolute Gasteiger partial charge is 0.254 e. The number of rotatable bonds is 3. The van der Waals surface area contributed by atoms with Gasteiger partial charge in [0.05, 0.1) is 22.0 Å². The first kappa shape index (κ1) is 12.8. The van der Waals surface area contributed by atoms with Crippen LogP contribution in [0.3, 0.4) is 0 Å². The Labute approximate surface area is 102 Å². The van der Waals surface area contributed by atoms with Crippen molar-refractivity contribution >= 4 is 40.4 Å². The molecule has 3 nitrogen and oxygen atoms in total. The van der Waals surface area contributed by atoms with Crippen LogP contribution in [-0.4, -0.2) is 23.2 Å². The quantitative estimate of drug-likeness (QED) is 0.885. The van der Waals surface area contributed by atoms with Crippen molar-refractivity contribution < 1.29 is 9.90 Å². The summed E-state index contributed by atoms with van der Waals surface area (Å²) in [5.74, 6) is -0.331. The van der Waals surface area contributed by atoms with Gasteiger partial charge in [-0.1, -0.05) is 23.2 Å². The van der Waals surface area contributed by atoms with Crippen LogP contribution in [0.1, 0.15) is 24.2 Å². The van der Waals surface area contributed by atoms with Crippen LogP contribution in [0, 0.1) is 0 Å². The van der Waals surface area contributed by atoms with E-state index in [9.17, 15) is 4.79 Å². The van der Waals surface area contributed by atoms with Gasteiger partial charge < -0.3 is 10.4 Å². The van der Waals surface area contributed by atoms with Crippen molar-refractivity contribution in [2.45, 2.75) is 19.4 Å². The molecule has 1 aromatic heterocycles. The van der Waals surface area contributed by atoms with Gasteiger partial charge in [-0.15, -0.1) is 11.3 Å². The minimum absolute atomic E-state index is 0.145. The summed E-state index contributed by atoms with van der Waals surface area (Å²) in [4.78, 5) is 11.7. The van der Waals surface area contributed by atoms with E-state index in [2.05, 4.69) is 5.32 Å². The normalized spacial score (nSPS) is 11.5. The third-order valence-corrected chi connectivity index (χ3v) is 3.24. The van der Waals surface area contributed by atoms with Crippen molar-refractivity contribution in [1.82, 2.24) is 5.32 Å². The van der Waals surface area contributed by atoms with Gasteiger partial charge in [0.1, 0.15) is 4.34 Å². The highest BCUT2D eigenvalue weighted by molar-refractivity contribution is 7.20. The molecular weight excluding hydrogens is 257 g/mol. The minimum atomic E-state index is -0.672. The van der Waals surface area contributed by atoms with E-state index < -0.39 is 5.54 Å². The molecule has 1 heterocycles. The predicted molar refractivity (Wildman–Crippen MR) is 63.0 cm³/mol. The zero-order valence-corrected chi connectivity index (χ0v) is 10.6. The lowest BCUT2D eigenvalue weighted by Gasteiger charge is -2.23. The largest absolute Gasteiger partial charge is 0.394 e. The van der Waals surface area contributed by atoms with Crippen molar-refractivity contribution in [3.05, 3.63) is 20.3 Å². The molecule has 0 bridgehead atoms. The third kappa shape index (κ3) is 3.34. The fourth-order valence-electron chi connectivity index (χ4n) is 0.909. The summed E-state index contributed by atoms with van der Waals surface area (Å²) in [6.07, 6.45) is 0. The Hall–Kier alpha value is -0.290. The monoisotopic (exact) mass is 267 g/mol. The Morgan fingerprint density at radius 3 is 2.60 bits per heavy atom. The lowest BCUT2D eigenvalue weighted by Crippen LogP contribution is -2.46. The van der Waals surface area contributed by atoms with E-state index in [-0.39, 0.29) is 12.5 Å². The molecular formula is C9H11Cl2NO2S. The average molecular weight is 268 g/mol. The first-order valence-corrected chi connectivity index (χ1v) is 5.81. The van der Waals surface area contributed by atoms with E-state index in [4.69, 9.17) is 28.3 Å². The summed E-state index contributed by atoms with van der Waals surface area (Å²) in [5.41, 5.74) is -0.331. The number of carbonyl (C=O) groups is 1. The van der Waals surface area contributed by atoms with Crippen LogP contribution in [-0.2, 0) is 0 Å². The first-order valence-electron chi connectivity index (χ1n) is 4.24. The molecule has 6 heteroatoms. The SMILES string of the molecule is CC(C)(CO)NC(=O)c1cc(Cl)sc1Cl. The van der Waals surface area contributed by atoms with Crippen LogP contribution in [0.5, 0.6) is 0 Å². The topological polar surface area (TPSA) is 49.3 Å². The lowest BCUT2D eigenvalue weighted by molar-refractivity contribution is 0.0870. The molecule has 84 valence electrons. The molecule has 1 rings (SSSR count). The van der Waals surface area contributed by atoms with E-state index in [1.807, 2.05) is 0 Å². The highest BCUT2D eigenvalue weighted by Gasteiger charge is 2.22. The van der Waals surface area contributed by atoms with Crippen molar-refractivity contribution in [1.29, 1.82) is 0 Å². The van der Waals surface area contributed by atoms with Gasteiger partial charge in [0.15, 0.2) is 0 Å². The maximum Gasteiger partial charge on any atom is 0.254 e. The molecule has 0 atom stereocenters. The number of halogens is 2. The van der Waals surface area contributed by atoms with Gasteiger partial charge >= 0.3 is 0 Å². The van der Waals surface area contributed by atoms with Crippen molar-refractivity contribution in [2.24, 2.45) is 0 Å². The number of nitrogens with one attached hydrogen (secondary N) is 1. The van der Waals surface area contributed by atoms with E-state index in [0.717, 1.165) is 11.3 Å². The highest BCUT2D eigenvalue weighted by atomic mass is 35.5. The highest BCUT2D eigenvalue weighted by Crippen LogP contribution is 2.31. The first-order chi connectivity index (χ1) is 6.85. The number of aliphatic hydroxyl groups excluding tert-OH is 1. The van der Waals surface area contributed by atoms with Gasteiger partial charge in [-0.2, -0.15) is 0 Å². The number of amides is 1. The average Bonchev–Trinajstić information content (AvgIpc) is 2.45. The van der Waals surface area contributed by atoms with Crippen LogP contribution in [0.4, 0.5) is 0 Å². The number of thiophene rings is 1. The molecule has 1 aromatic rings. The number of carbonyl (C=O) groups excluding carboxylic acids is 1. The van der Waals surface area contributed by atoms with E-state index in [1.54, 1.807) is 13.8 Å². The molecule has 2 N–H and O–H groups in total. The van der Waals surface area contributed by atoms with Gasteiger partial charge in [0, 0.05) is 0 Å². The molecule has 15 heavy (non-hydrogen) atoms. The van der Waals surface area contributed by atoms with Gasteiger partial charge in [0.25, 0.3) is 5.91 Å². The second kappa shape index (κ2) is 4.70. The summed E-state index contributed by atoms with van der Waals surface area (Å²) < 4.78 is 0.818. The molecule has 0 saturated heterocycles. The summed E-state index contributed by atoms with van der Waals surface area (Å²) in [7, 11) is 0. The Bertz CT molecular complexity index is 376. The maximum absolute atomic E-state index is 11.7. The fraction of sp³-hybridized carbons (Fsp3) is 0.444. The number of aliphatic hydroxyl groups is 1. The number of hydrogen-bond donors (Lipinski definition) is 2. The summed E-state index contributed by atoms with van der Waals surface area (Å²) in [5, 5.41) is 11.6. The van der Waals surface area contributed by atoms with Crippen LogP contribution in [0.15, 0.2) is 6.07 Å². The standard InChI is InChI=1S/C9H11Cl2NO2S/c1-9(2,4-13)12-8(14)5-3-6(10)15-7(5)11/h3,13H,4H2,1-2H3,(H,12,14). The van der Waals surface area contributed by atoms with Crippen LogP contribution in [0.2, 0.25) is 8.67 Å². The maximum atomic E-state index is 11.7. The molecule has 0 aliphatic carbocycles. The molecule has 0 fully saturated rings. The van der Waals surface area contributed by atoms with E-state index in [1.165, 1.54) is 6.07 Å². The molecule has 1 amide bonds. The van der Waals surface area contributed by atoms with Crippen molar-refractivity contribution in [3.63, 3.8) is 0 Å². The summed E-state index contributed by atoms with van der Waals surface area (Å²) >= 11 is 12.7. The lowest BCUT2D eigenvalue weighted by atomic mass is 10.1. The molecule has 0 aliphatic rings. The molecule has 0 unspecified atom stereocenters. The predicted octanol–water partition coefficient (Wildman–Crippen LogP) is 2.56. The molecule has 0 aliphatic heterocycles. The zero-order chi connectivity index (χ0) is 11.6. The van der Waals surface area contributed by atoms with Gasteiger partial charge in [0.2, 0.25) is 0 Å². The number of hydrogen-bond acceptors (Lipinski definition) is 3. The minimum Gasteiger partial charge on any atom is -0.394 e. The second-order valence-corrected chi connectivity index (χ2v) is 6.02. The van der Waals surface area contributed by atoms with Gasteiger partial charge in [-0.25, -0.2) is 0 Å². The van der Waals surface area contributed by atoms with Gasteiger partial charge in [-0.3, -0.25) is 4.79 Å². The summed E-state index contributed by atoms with van der Waals surface area (Å²) in [6.45, 7) is 3.29. The van der Waals surface area contributed by atoms with E-state index >= 15 is 0 Å². The zero-order valence-electron chi connectivity index (χ0n) is 8.30. The molecule has 0 aromatic carbocycles. The van der Waals surface area contributed by atoms with Crippen molar-refractivity contribution in [3.8, 4) is 0 Å². The van der Waals surface area contributed by atoms with Gasteiger partial charge in [-0.05, 0) is 19.9 Å².